The van der Waals surface area contributed by atoms with Crippen molar-refractivity contribution >= 4 is 10.9 Å². The average Bonchev–Trinajstić information content (AvgIpc) is 2.87. The molecule has 0 saturated heterocycles. The molecule has 13 heavy (non-hydrogen) atoms. The lowest BCUT2D eigenvalue weighted by Gasteiger charge is -1.91. The summed E-state index contributed by atoms with van der Waals surface area (Å²) in [6.45, 7) is 0. The van der Waals surface area contributed by atoms with E-state index in [-0.39, 0.29) is 5.75 Å². The number of phenols is 1. The van der Waals surface area contributed by atoms with E-state index in [1.165, 1.54) is 12.8 Å². The molecule has 2 aromatic rings. The number of rotatable bonds is 1. The first-order valence-electron chi connectivity index (χ1n) is 4.43. The standard InChI is InChI=1S/C10H9NO2/c12-7-3-4-8-9(5-7)11-13-10(8)6-1-2-6/h3-6,12H,1-2H2. The summed E-state index contributed by atoms with van der Waals surface area (Å²) < 4.78 is 5.23. The van der Waals surface area contributed by atoms with Gasteiger partial charge in [0.2, 0.25) is 0 Å². The fraction of sp³-hybridized carbons (Fsp3) is 0.300. The zero-order valence-corrected chi connectivity index (χ0v) is 7.03. The van der Waals surface area contributed by atoms with Gasteiger partial charge in [0.25, 0.3) is 0 Å². The minimum absolute atomic E-state index is 0.239. The lowest BCUT2D eigenvalue weighted by molar-refractivity contribution is 0.392. The molecule has 0 bridgehead atoms. The van der Waals surface area contributed by atoms with Crippen molar-refractivity contribution in [2.45, 2.75) is 18.8 Å². The van der Waals surface area contributed by atoms with Gasteiger partial charge < -0.3 is 9.63 Å². The highest BCUT2D eigenvalue weighted by Gasteiger charge is 2.29. The van der Waals surface area contributed by atoms with Crippen LogP contribution < -0.4 is 0 Å². The number of aromatic nitrogens is 1. The third-order valence-corrected chi connectivity index (χ3v) is 2.44. The second-order valence-corrected chi connectivity index (χ2v) is 3.52. The zero-order chi connectivity index (χ0) is 8.84. The highest BCUT2D eigenvalue weighted by atomic mass is 16.5. The van der Waals surface area contributed by atoms with E-state index in [1.807, 2.05) is 6.07 Å². The van der Waals surface area contributed by atoms with Crippen molar-refractivity contribution in [3.05, 3.63) is 24.0 Å². The lowest BCUT2D eigenvalue weighted by atomic mass is 10.1. The first-order valence-corrected chi connectivity index (χ1v) is 4.43. The second kappa shape index (κ2) is 2.25. The Morgan fingerprint density at radius 1 is 1.38 bits per heavy atom. The predicted molar refractivity (Wildman–Crippen MR) is 47.6 cm³/mol. The monoisotopic (exact) mass is 175 g/mol. The largest absolute Gasteiger partial charge is 0.508 e. The van der Waals surface area contributed by atoms with E-state index in [0.717, 1.165) is 16.7 Å². The van der Waals surface area contributed by atoms with Gasteiger partial charge in [-0.15, -0.1) is 0 Å². The number of hydrogen-bond donors (Lipinski definition) is 1. The van der Waals surface area contributed by atoms with Crippen LogP contribution in [0.5, 0.6) is 5.75 Å². The van der Waals surface area contributed by atoms with Crippen LogP contribution in [0, 0.1) is 0 Å². The fourth-order valence-electron chi connectivity index (χ4n) is 1.59. The summed E-state index contributed by atoms with van der Waals surface area (Å²) in [5.41, 5.74) is 0.752. The van der Waals surface area contributed by atoms with Crippen LogP contribution in [0.3, 0.4) is 0 Å². The van der Waals surface area contributed by atoms with E-state index in [1.54, 1.807) is 12.1 Å². The van der Waals surface area contributed by atoms with Crippen LogP contribution >= 0.6 is 0 Å². The molecule has 66 valence electrons. The van der Waals surface area contributed by atoms with Gasteiger partial charge in [-0.05, 0) is 25.0 Å². The Labute approximate surface area is 75.0 Å². The van der Waals surface area contributed by atoms with E-state index in [4.69, 9.17) is 4.52 Å². The Morgan fingerprint density at radius 2 is 2.23 bits per heavy atom. The molecule has 0 atom stereocenters. The van der Waals surface area contributed by atoms with Gasteiger partial charge in [-0.3, -0.25) is 0 Å². The van der Waals surface area contributed by atoms with E-state index >= 15 is 0 Å². The minimum Gasteiger partial charge on any atom is -0.508 e. The molecule has 0 unspecified atom stereocenters. The Bertz CT molecular complexity index is 457. The molecule has 0 spiro atoms. The summed E-state index contributed by atoms with van der Waals surface area (Å²) in [5.74, 6) is 1.78. The molecule has 0 radical (unpaired) electrons. The van der Waals surface area contributed by atoms with Gasteiger partial charge in [0, 0.05) is 17.4 Å². The quantitative estimate of drug-likeness (QED) is 0.723. The van der Waals surface area contributed by atoms with Crippen molar-refractivity contribution in [2.75, 3.05) is 0 Å². The maximum Gasteiger partial charge on any atom is 0.147 e. The summed E-state index contributed by atoms with van der Waals surface area (Å²) in [4.78, 5) is 0. The van der Waals surface area contributed by atoms with E-state index in [2.05, 4.69) is 5.16 Å². The molecule has 1 fully saturated rings. The summed E-state index contributed by atoms with van der Waals surface area (Å²) >= 11 is 0. The van der Waals surface area contributed by atoms with Gasteiger partial charge in [-0.25, -0.2) is 0 Å². The molecular weight excluding hydrogens is 166 g/mol. The number of aromatic hydroxyl groups is 1. The first-order chi connectivity index (χ1) is 6.34. The molecule has 1 aromatic heterocycles. The molecule has 3 nitrogen and oxygen atoms in total. The van der Waals surface area contributed by atoms with Crippen molar-refractivity contribution in [3.8, 4) is 5.75 Å². The smallest absolute Gasteiger partial charge is 0.147 e. The van der Waals surface area contributed by atoms with Crippen LogP contribution in [0.15, 0.2) is 22.7 Å². The maximum atomic E-state index is 9.21. The van der Waals surface area contributed by atoms with E-state index in [0.29, 0.717) is 5.92 Å². The number of phenolic OH excluding ortho intramolecular Hbond substituents is 1. The lowest BCUT2D eigenvalue weighted by Crippen LogP contribution is -1.73. The Hall–Kier alpha value is -1.51. The molecule has 1 N–H and O–H groups in total. The van der Waals surface area contributed by atoms with E-state index in [9.17, 15) is 5.11 Å². The van der Waals surface area contributed by atoms with Crippen LogP contribution in [0.1, 0.15) is 24.5 Å². The van der Waals surface area contributed by atoms with E-state index < -0.39 is 0 Å². The first kappa shape index (κ1) is 6.95. The number of nitrogens with zero attached hydrogens (tertiary/aromatic N) is 1. The summed E-state index contributed by atoms with van der Waals surface area (Å²) in [5, 5.41) is 14.2. The molecule has 0 amide bonds. The second-order valence-electron chi connectivity index (χ2n) is 3.52. The molecule has 0 aliphatic heterocycles. The van der Waals surface area contributed by atoms with Gasteiger partial charge >= 0.3 is 0 Å². The number of fused-ring (bicyclic) bond motifs is 1. The highest BCUT2D eigenvalue weighted by molar-refractivity contribution is 5.82. The molecule has 1 saturated carbocycles. The van der Waals surface area contributed by atoms with Gasteiger partial charge in [0.05, 0.1) is 0 Å². The average molecular weight is 175 g/mol. The molecule has 1 aliphatic carbocycles. The minimum atomic E-state index is 0.239. The summed E-state index contributed by atoms with van der Waals surface area (Å²) in [7, 11) is 0. The Kier molecular flexibility index (Phi) is 1.20. The van der Waals surface area contributed by atoms with Crippen LogP contribution in [0.2, 0.25) is 0 Å². The van der Waals surface area contributed by atoms with Gasteiger partial charge in [0.1, 0.15) is 17.0 Å². The predicted octanol–water partition coefficient (Wildman–Crippen LogP) is 2.41. The Balaban J connectivity index is 2.26. The van der Waals surface area contributed by atoms with Gasteiger partial charge in [-0.2, -0.15) is 0 Å². The van der Waals surface area contributed by atoms with Crippen molar-refractivity contribution < 1.29 is 9.63 Å². The normalized spacial score (nSPS) is 16.6. The number of benzene rings is 1. The van der Waals surface area contributed by atoms with Crippen molar-refractivity contribution in [1.82, 2.24) is 5.16 Å². The van der Waals surface area contributed by atoms with Crippen molar-refractivity contribution in [3.63, 3.8) is 0 Å². The topological polar surface area (TPSA) is 46.3 Å². The highest BCUT2D eigenvalue weighted by Crippen LogP contribution is 2.43. The maximum absolute atomic E-state index is 9.21. The number of hydrogen-bond acceptors (Lipinski definition) is 3. The van der Waals surface area contributed by atoms with Crippen molar-refractivity contribution in [2.24, 2.45) is 0 Å². The van der Waals surface area contributed by atoms with Crippen LogP contribution in [0.4, 0.5) is 0 Å². The zero-order valence-electron chi connectivity index (χ0n) is 7.03. The molecule has 1 heterocycles. The fourth-order valence-corrected chi connectivity index (χ4v) is 1.59. The molecule has 1 aliphatic rings. The van der Waals surface area contributed by atoms with Crippen LogP contribution in [0.25, 0.3) is 10.9 Å². The van der Waals surface area contributed by atoms with Gasteiger partial charge in [-0.1, -0.05) is 5.16 Å². The molecule has 3 heteroatoms. The van der Waals surface area contributed by atoms with Crippen LogP contribution in [-0.2, 0) is 0 Å². The van der Waals surface area contributed by atoms with Crippen molar-refractivity contribution in [1.29, 1.82) is 0 Å². The summed E-state index contributed by atoms with van der Waals surface area (Å²) in [6, 6.07) is 5.17. The van der Waals surface area contributed by atoms with Gasteiger partial charge in [0.15, 0.2) is 0 Å². The third kappa shape index (κ3) is 1.00. The molecular formula is C10H9NO2. The third-order valence-electron chi connectivity index (χ3n) is 2.44. The molecule has 3 rings (SSSR count). The Morgan fingerprint density at radius 3 is 3.00 bits per heavy atom. The SMILES string of the molecule is Oc1ccc2c(C3CC3)onc2c1. The summed E-state index contributed by atoms with van der Waals surface area (Å²) in [6.07, 6.45) is 2.40. The van der Waals surface area contributed by atoms with Crippen LogP contribution in [-0.4, -0.2) is 10.3 Å². The molecule has 1 aromatic carbocycles.